The Morgan fingerprint density at radius 1 is 0.900 bits per heavy atom. The Labute approximate surface area is 177 Å². The summed E-state index contributed by atoms with van der Waals surface area (Å²) in [7, 11) is -8.26. The first-order chi connectivity index (χ1) is 13.9. The highest BCUT2D eigenvalue weighted by Crippen LogP contribution is 2.31. The van der Waals surface area contributed by atoms with Crippen LogP contribution in [0.5, 0.6) is 0 Å². The molecule has 10 heteroatoms. The summed E-state index contributed by atoms with van der Waals surface area (Å²) in [5, 5.41) is 0.144. The molecular formula is C20H29N2O6Si2+. The highest BCUT2D eigenvalue weighted by Gasteiger charge is 2.30. The van der Waals surface area contributed by atoms with Gasteiger partial charge in [0.2, 0.25) is 0 Å². The monoisotopic (exact) mass is 449 g/mol. The molecule has 0 aliphatic carbocycles. The Balaban J connectivity index is 1.72. The van der Waals surface area contributed by atoms with Gasteiger partial charge in [0.1, 0.15) is 6.20 Å². The molecule has 1 atom stereocenters. The Morgan fingerprint density at radius 3 is 2.03 bits per heavy atom. The quantitative estimate of drug-likeness (QED) is 0.257. The van der Waals surface area contributed by atoms with E-state index in [2.05, 4.69) is 17.0 Å². The Morgan fingerprint density at radius 2 is 1.50 bits per heavy atom. The standard InChI is InChI=1S/C20H28N2O6Si2/c1-15-12-18(17-4-6-19(7-5-17)30(26,27)28)13-16(2)20(15)22-10-9-21(14-22)8-3-11-29(23,24)25/h4-7,9-10,12-13,23-28H,3,8,11,14H2,1-2H3/p+1. The molecule has 3 rings (SSSR count). The second kappa shape index (κ2) is 8.71. The van der Waals surface area contributed by atoms with Crippen molar-refractivity contribution in [1.29, 1.82) is 0 Å². The minimum absolute atomic E-state index is 0.0440. The summed E-state index contributed by atoms with van der Waals surface area (Å²) >= 11 is 0. The normalized spacial score (nSPS) is 17.1. The first-order valence-corrected chi connectivity index (χ1v) is 13.7. The third kappa shape index (κ3) is 5.63. The van der Waals surface area contributed by atoms with Crippen molar-refractivity contribution in [3.05, 3.63) is 59.9 Å². The maximum absolute atomic E-state index is 9.41. The lowest BCUT2D eigenvalue weighted by molar-refractivity contribution is -0.840. The maximum Gasteiger partial charge on any atom is 0.528 e. The summed E-state index contributed by atoms with van der Waals surface area (Å²) in [4.78, 5) is 59.0. The number of quaternary nitrogens is 1. The molecule has 0 radical (unpaired) electrons. The molecule has 0 saturated carbocycles. The molecule has 2 aromatic rings. The Bertz CT molecular complexity index is 899. The molecule has 30 heavy (non-hydrogen) atoms. The fourth-order valence-corrected chi connectivity index (χ4v) is 5.12. The van der Waals surface area contributed by atoms with Crippen molar-refractivity contribution in [3.63, 3.8) is 0 Å². The van der Waals surface area contributed by atoms with E-state index in [-0.39, 0.29) is 11.2 Å². The van der Waals surface area contributed by atoms with Gasteiger partial charge in [0, 0.05) is 17.7 Å². The molecule has 162 valence electrons. The van der Waals surface area contributed by atoms with Crippen LogP contribution in [0, 0.1) is 13.8 Å². The van der Waals surface area contributed by atoms with Crippen LogP contribution in [0.15, 0.2) is 48.8 Å². The number of anilines is 1. The zero-order chi connectivity index (χ0) is 22.1. The summed E-state index contributed by atoms with van der Waals surface area (Å²) < 4.78 is 0. The van der Waals surface area contributed by atoms with Crippen molar-refractivity contribution >= 4 is 28.5 Å². The zero-order valence-corrected chi connectivity index (χ0v) is 19.1. The summed E-state index contributed by atoms with van der Waals surface area (Å²) in [5.74, 6) is 0. The molecule has 1 unspecified atom stereocenters. The van der Waals surface area contributed by atoms with Gasteiger partial charge in [-0.15, -0.1) is 0 Å². The second-order valence-corrected chi connectivity index (χ2v) is 11.8. The van der Waals surface area contributed by atoms with Gasteiger partial charge in [-0.3, -0.25) is 9.80 Å². The van der Waals surface area contributed by atoms with Crippen LogP contribution in [0.1, 0.15) is 17.5 Å². The summed E-state index contributed by atoms with van der Waals surface area (Å²) in [6, 6.07) is 10.8. The van der Waals surface area contributed by atoms with Crippen LogP contribution in [0.25, 0.3) is 11.1 Å². The van der Waals surface area contributed by atoms with Crippen molar-refractivity contribution in [2.24, 2.45) is 0 Å². The average molecular weight is 450 g/mol. The van der Waals surface area contributed by atoms with Crippen LogP contribution in [0.3, 0.4) is 0 Å². The van der Waals surface area contributed by atoms with Crippen molar-refractivity contribution in [2.45, 2.75) is 26.3 Å². The molecule has 0 bridgehead atoms. The predicted octanol–water partition coefficient (Wildman–Crippen LogP) is -1.47. The summed E-state index contributed by atoms with van der Waals surface area (Å²) in [6.07, 6.45) is 4.60. The minimum Gasteiger partial charge on any atom is -0.390 e. The zero-order valence-electron chi connectivity index (χ0n) is 17.1. The minimum atomic E-state index is -4.29. The number of nitrogens with zero attached hydrogens (tertiary/aromatic N) is 1. The number of rotatable bonds is 7. The SMILES string of the molecule is Cc1cc(-c2ccc([Si](O)(O)O)cc2)cc(C)c1N1C=C[NH+](CCC[Si](O)(O)O)C1. The smallest absolute Gasteiger partial charge is 0.390 e. The van der Waals surface area contributed by atoms with E-state index < -0.39 is 17.6 Å². The van der Waals surface area contributed by atoms with Gasteiger partial charge in [0.25, 0.3) is 0 Å². The molecule has 7 N–H and O–H groups in total. The molecule has 8 nitrogen and oxygen atoms in total. The summed E-state index contributed by atoms with van der Waals surface area (Å²) in [6.45, 7) is 5.52. The van der Waals surface area contributed by atoms with E-state index in [0.29, 0.717) is 13.0 Å². The lowest BCUT2D eigenvalue weighted by atomic mass is 9.98. The van der Waals surface area contributed by atoms with Gasteiger partial charge >= 0.3 is 17.6 Å². The predicted molar refractivity (Wildman–Crippen MR) is 118 cm³/mol. The fourth-order valence-electron chi connectivity index (χ4n) is 3.85. The van der Waals surface area contributed by atoms with Crippen LogP contribution < -0.4 is 15.0 Å². The van der Waals surface area contributed by atoms with Crippen LogP contribution in [-0.2, 0) is 0 Å². The molecule has 0 fully saturated rings. The number of hydrogen-bond acceptors (Lipinski definition) is 7. The number of nitrogens with one attached hydrogen (secondary N) is 1. The highest BCUT2D eigenvalue weighted by molar-refractivity contribution is 6.71. The lowest BCUT2D eigenvalue weighted by Gasteiger charge is -2.22. The highest BCUT2D eigenvalue weighted by atomic mass is 28.4. The molecule has 0 amide bonds. The molecule has 0 spiro atoms. The van der Waals surface area contributed by atoms with E-state index in [1.165, 1.54) is 17.0 Å². The third-order valence-corrected chi connectivity index (χ3v) is 7.39. The molecule has 0 saturated heterocycles. The first-order valence-electron chi connectivity index (χ1n) is 9.80. The van der Waals surface area contributed by atoms with E-state index in [9.17, 15) is 14.4 Å². The van der Waals surface area contributed by atoms with Gasteiger partial charge in [-0.2, -0.15) is 0 Å². The molecule has 0 aromatic heterocycles. The number of aryl methyl sites for hydroxylation is 2. The Hall–Kier alpha value is -1.87. The summed E-state index contributed by atoms with van der Waals surface area (Å²) in [5.41, 5.74) is 5.24. The average Bonchev–Trinajstić information content (AvgIpc) is 3.07. The van der Waals surface area contributed by atoms with Crippen LogP contribution >= 0.6 is 0 Å². The molecule has 1 heterocycles. The van der Waals surface area contributed by atoms with Crippen LogP contribution in [0.4, 0.5) is 5.69 Å². The number of benzene rings is 2. The first kappa shape index (κ1) is 22.8. The van der Waals surface area contributed by atoms with E-state index in [4.69, 9.17) is 14.4 Å². The fraction of sp³-hybridized carbons (Fsp3) is 0.300. The van der Waals surface area contributed by atoms with Gasteiger partial charge in [0.15, 0.2) is 6.67 Å². The van der Waals surface area contributed by atoms with Gasteiger partial charge in [-0.1, -0.05) is 24.3 Å². The van der Waals surface area contributed by atoms with Crippen molar-refractivity contribution < 1.29 is 33.7 Å². The third-order valence-electron chi connectivity index (χ3n) is 5.26. The van der Waals surface area contributed by atoms with E-state index in [1.54, 1.807) is 12.1 Å². The molecule has 1 aliphatic heterocycles. The second-order valence-electron chi connectivity index (χ2n) is 7.90. The lowest BCUT2D eigenvalue weighted by Crippen LogP contribution is -3.07. The topological polar surface area (TPSA) is 129 Å². The molecular weight excluding hydrogens is 420 g/mol. The number of hydrogen-bond donors (Lipinski definition) is 7. The van der Waals surface area contributed by atoms with Gasteiger partial charge in [-0.25, -0.2) is 0 Å². The van der Waals surface area contributed by atoms with Crippen LogP contribution in [-0.4, -0.2) is 59.6 Å². The van der Waals surface area contributed by atoms with E-state index in [1.807, 2.05) is 26.2 Å². The van der Waals surface area contributed by atoms with Crippen molar-refractivity contribution in [1.82, 2.24) is 0 Å². The van der Waals surface area contributed by atoms with E-state index in [0.717, 1.165) is 34.6 Å². The Kier molecular flexibility index (Phi) is 6.62. The molecule has 1 aliphatic rings. The van der Waals surface area contributed by atoms with Crippen LogP contribution in [0.2, 0.25) is 6.04 Å². The van der Waals surface area contributed by atoms with Crippen molar-refractivity contribution in [2.75, 3.05) is 18.1 Å². The van der Waals surface area contributed by atoms with Gasteiger partial charge in [-0.05, 0) is 48.2 Å². The largest absolute Gasteiger partial charge is 0.528 e. The molecule has 2 aromatic carbocycles. The van der Waals surface area contributed by atoms with Crippen molar-refractivity contribution in [3.8, 4) is 11.1 Å². The maximum atomic E-state index is 9.41. The van der Waals surface area contributed by atoms with Gasteiger partial charge in [0.05, 0.1) is 18.4 Å². The van der Waals surface area contributed by atoms with Gasteiger partial charge < -0.3 is 28.8 Å². The van der Waals surface area contributed by atoms with E-state index >= 15 is 0 Å².